The minimum atomic E-state index is -0.197. The summed E-state index contributed by atoms with van der Waals surface area (Å²) in [5.41, 5.74) is 5.86. The van der Waals surface area contributed by atoms with Crippen LogP contribution in [-0.4, -0.2) is 25.7 Å². The van der Waals surface area contributed by atoms with E-state index in [9.17, 15) is 4.79 Å². The number of pyridine rings is 1. The third-order valence-corrected chi connectivity index (χ3v) is 6.10. The van der Waals surface area contributed by atoms with Gasteiger partial charge in [-0.25, -0.2) is 9.97 Å². The largest absolute Gasteiger partial charge is 0.320 e. The summed E-state index contributed by atoms with van der Waals surface area (Å²) < 4.78 is 1.61. The van der Waals surface area contributed by atoms with E-state index in [1.165, 1.54) is 0 Å². The van der Waals surface area contributed by atoms with E-state index in [1.54, 1.807) is 29.3 Å². The predicted octanol–water partition coefficient (Wildman–Crippen LogP) is 5.32. The summed E-state index contributed by atoms with van der Waals surface area (Å²) in [7, 11) is 1.78. The minimum Gasteiger partial charge on any atom is -0.320 e. The van der Waals surface area contributed by atoms with E-state index in [-0.39, 0.29) is 5.91 Å². The lowest BCUT2D eigenvalue weighted by molar-refractivity contribution is 0.101. The number of carbonyl (C=O) groups is 1. The van der Waals surface area contributed by atoms with Crippen LogP contribution in [0.25, 0.3) is 32.2 Å². The number of benzene rings is 2. The first-order valence-corrected chi connectivity index (χ1v) is 10.6. The molecule has 0 saturated heterocycles. The number of anilines is 1. The highest BCUT2D eigenvalue weighted by atomic mass is 32.1. The molecule has 0 aliphatic rings. The number of nitrogens with one attached hydrogen (secondary N) is 1. The smallest absolute Gasteiger partial charge is 0.273 e. The van der Waals surface area contributed by atoms with Crippen LogP contribution in [0.3, 0.4) is 0 Å². The molecule has 5 rings (SSSR count). The van der Waals surface area contributed by atoms with Crippen molar-refractivity contribution in [2.45, 2.75) is 6.92 Å². The second-order valence-corrected chi connectivity index (χ2v) is 8.21. The van der Waals surface area contributed by atoms with Crippen LogP contribution in [0.1, 0.15) is 16.1 Å². The summed E-state index contributed by atoms with van der Waals surface area (Å²) in [4.78, 5) is 22.9. The van der Waals surface area contributed by atoms with Gasteiger partial charge >= 0.3 is 0 Å². The number of fused-ring (bicyclic) bond motifs is 1. The molecular weight excluding hydrogens is 406 g/mol. The van der Waals surface area contributed by atoms with Crippen LogP contribution in [0.2, 0.25) is 0 Å². The molecule has 2 aromatic carbocycles. The van der Waals surface area contributed by atoms with Crippen molar-refractivity contribution in [3.63, 3.8) is 0 Å². The predicted molar refractivity (Wildman–Crippen MR) is 124 cm³/mol. The summed E-state index contributed by atoms with van der Waals surface area (Å²) in [5.74, 6) is -0.197. The van der Waals surface area contributed by atoms with Gasteiger partial charge in [-0.05, 0) is 48.9 Å². The van der Waals surface area contributed by atoms with Crippen molar-refractivity contribution >= 4 is 33.3 Å². The van der Waals surface area contributed by atoms with Crippen LogP contribution in [0.4, 0.5) is 5.69 Å². The Labute approximate surface area is 183 Å². The van der Waals surface area contributed by atoms with Crippen molar-refractivity contribution in [1.29, 1.82) is 0 Å². The average molecular weight is 426 g/mol. The Morgan fingerprint density at radius 2 is 1.84 bits per heavy atom. The van der Waals surface area contributed by atoms with Gasteiger partial charge in [0.2, 0.25) is 0 Å². The van der Waals surface area contributed by atoms with Gasteiger partial charge in [0, 0.05) is 30.1 Å². The van der Waals surface area contributed by atoms with E-state index in [0.717, 1.165) is 43.4 Å². The van der Waals surface area contributed by atoms with Crippen molar-refractivity contribution < 1.29 is 4.79 Å². The monoisotopic (exact) mass is 425 g/mol. The highest BCUT2D eigenvalue weighted by molar-refractivity contribution is 7.21. The van der Waals surface area contributed by atoms with Crippen molar-refractivity contribution in [2.75, 3.05) is 5.32 Å². The van der Waals surface area contributed by atoms with Gasteiger partial charge in [0.15, 0.2) is 0 Å². The number of aromatic nitrogens is 4. The van der Waals surface area contributed by atoms with Gasteiger partial charge in [-0.2, -0.15) is 5.10 Å². The van der Waals surface area contributed by atoms with Crippen LogP contribution in [0.5, 0.6) is 0 Å². The van der Waals surface area contributed by atoms with Gasteiger partial charge in [0.1, 0.15) is 21.0 Å². The number of rotatable bonds is 4. The quantitative estimate of drug-likeness (QED) is 0.423. The Morgan fingerprint density at radius 3 is 2.61 bits per heavy atom. The third-order valence-electron chi connectivity index (χ3n) is 5.07. The third kappa shape index (κ3) is 3.71. The Bertz CT molecular complexity index is 1370. The minimum absolute atomic E-state index is 0.197. The first kappa shape index (κ1) is 19.1. The van der Waals surface area contributed by atoms with E-state index < -0.39 is 0 Å². The van der Waals surface area contributed by atoms with Crippen molar-refractivity contribution in [1.82, 2.24) is 19.7 Å². The molecule has 0 atom stereocenters. The summed E-state index contributed by atoms with van der Waals surface area (Å²) in [5, 5.41) is 8.40. The second-order valence-electron chi connectivity index (χ2n) is 7.23. The maximum Gasteiger partial charge on any atom is 0.273 e. The Balaban J connectivity index is 1.39. The molecule has 0 fully saturated rings. The molecular formula is C24H19N5OS. The molecule has 1 amide bonds. The lowest BCUT2D eigenvalue weighted by atomic mass is 10.1. The molecule has 0 radical (unpaired) electrons. The van der Waals surface area contributed by atoms with E-state index in [0.29, 0.717) is 5.69 Å². The maximum absolute atomic E-state index is 12.9. The molecule has 3 heterocycles. The number of nitrogens with zero attached hydrogens (tertiary/aromatic N) is 4. The Hall–Kier alpha value is -3.84. The molecule has 0 saturated carbocycles. The summed E-state index contributed by atoms with van der Waals surface area (Å²) in [6.07, 6.45) is 1.77. The van der Waals surface area contributed by atoms with Gasteiger partial charge in [0.05, 0.1) is 5.69 Å². The lowest BCUT2D eigenvalue weighted by Crippen LogP contribution is -2.16. The molecule has 0 bridgehead atoms. The van der Waals surface area contributed by atoms with Gasteiger partial charge in [-0.3, -0.25) is 9.48 Å². The normalized spacial score (nSPS) is 11.0. The van der Waals surface area contributed by atoms with Gasteiger partial charge in [-0.15, -0.1) is 0 Å². The fourth-order valence-corrected chi connectivity index (χ4v) is 4.35. The van der Waals surface area contributed by atoms with E-state index >= 15 is 0 Å². The molecule has 0 aliphatic heterocycles. The zero-order chi connectivity index (χ0) is 21.4. The van der Waals surface area contributed by atoms with Gasteiger partial charge in [0.25, 0.3) is 5.91 Å². The summed E-state index contributed by atoms with van der Waals surface area (Å²) >= 11 is 1.56. The van der Waals surface area contributed by atoms with Crippen LogP contribution in [0, 0.1) is 6.92 Å². The van der Waals surface area contributed by atoms with E-state index in [1.807, 2.05) is 73.7 Å². The maximum atomic E-state index is 12.9. The molecule has 0 aliphatic carbocycles. The van der Waals surface area contributed by atoms with Crippen LogP contribution >= 0.6 is 11.3 Å². The summed E-state index contributed by atoms with van der Waals surface area (Å²) in [6, 6.07) is 21.4. The number of aryl methyl sites for hydroxylation is 2. The van der Waals surface area contributed by atoms with Crippen LogP contribution in [0.15, 0.2) is 72.9 Å². The molecule has 152 valence electrons. The molecule has 0 unspecified atom stereocenters. The first-order chi connectivity index (χ1) is 15.1. The van der Waals surface area contributed by atoms with Gasteiger partial charge < -0.3 is 5.32 Å². The SMILES string of the molecule is Cc1cc(-c2nc3cccnc3s2)ccc1NC(=O)c1cc(-c2ccccc2)nn1C. The summed E-state index contributed by atoms with van der Waals surface area (Å²) in [6.45, 7) is 1.98. The average Bonchev–Trinajstić information content (AvgIpc) is 3.39. The standard InChI is InChI=1S/C24H19N5OS/c1-15-13-17(23-27-19-9-6-12-25-24(19)31-23)10-11-18(15)26-22(30)21-14-20(28-29(21)2)16-7-4-3-5-8-16/h3-14H,1-2H3,(H,26,30). The topological polar surface area (TPSA) is 72.7 Å². The fourth-order valence-electron chi connectivity index (χ4n) is 3.45. The van der Waals surface area contributed by atoms with Crippen molar-refractivity contribution in [3.8, 4) is 21.8 Å². The second kappa shape index (κ2) is 7.77. The van der Waals surface area contributed by atoms with E-state index in [2.05, 4.69) is 20.4 Å². The number of carbonyl (C=O) groups excluding carboxylic acids is 1. The molecule has 0 spiro atoms. The van der Waals surface area contributed by atoms with E-state index in [4.69, 9.17) is 0 Å². The zero-order valence-corrected chi connectivity index (χ0v) is 17.9. The van der Waals surface area contributed by atoms with Crippen molar-refractivity contribution in [3.05, 3.63) is 84.2 Å². The van der Waals surface area contributed by atoms with Crippen molar-refractivity contribution in [2.24, 2.45) is 7.05 Å². The van der Waals surface area contributed by atoms with Gasteiger partial charge in [-0.1, -0.05) is 41.7 Å². The first-order valence-electron chi connectivity index (χ1n) is 9.82. The molecule has 5 aromatic rings. The lowest BCUT2D eigenvalue weighted by Gasteiger charge is -2.09. The molecule has 3 aromatic heterocycles. The number of amides is 1. The highest BCUT2D eigenvalue weighted by Gasteiger charge is 2.16. The number of hydrogen-bond acceptors (Lipinski definition) is 5. The van der Waals surface area contributed by atoms with Crippen LogP contribution < -0.4 is 5.32 Å². The number of thiazole rings is 1. The molecule has 6 nitrogen and oxygen atoms in total. The fraction of sp³-hybridized carbons (Fsp3) is 0.0833. The number of hydrogen-bond donors (Lipinski definition) is 1. The highest BCUT2D eigenvalue weighted by Crippen LogP contribution is 2.31. The van der Waals surface area contributed by atoms with Crippen LogP contribution in [-0.2, 0) is 7.05 Å². The molecule has 7 heteroatoms. The zero-order valence-electron chi connectivity index (χ0n) is 17.0. The Kier molecular flexibility index (Phi) is 4.80. The molecule has 31 heavy (non-hydrogen) atoms. The Morgan fingerprint density at radius 1 is 1.00 bits per heavy atom. The molecule has 1 N–H and O–H groups in total.